The molecule has 0 saturated carbocycles. The maximum atomic E-state index is 11.4. The molecule has 0 saturated heterocycles. The average Bonchev–Trinajstić information content (AvgIpc) is 2.51. The van der Waals surface area contributed by atoms with Crippen LogP contribution in [0.25, 0.3) is 0 Å². The smallest absolute Gasteiger partial charge is 0.325 e. The van der Waals surface area contributed by atoms with E-state index >= 15 is 0 Å². The van der Waals surface area contributed by atoms with E-state index in [2.05, 4.69) is 10.3 Å². The highest BCUT2D eigenvalue weighted by atomic mass is 32.1. The van der Waals surface area contributed by atoms with E-state index in [0.717, 1.165) is 5.01 Å². The van der Waals surface area contributed by atoms with Crippen LogP contribution in [0.2, 0.25) is 0 Å². The predicted molar refractivity (Wildman–Crippen MR) is 51.4 cm³/mol. The minimum atomic E-state index is -1.06. The zero-order valence-electron chi connectivity index (χ0n) is 7.77. The summed E-state index contributed by atoms with van der Waals surface area (Å²) < 4.78 is 0. The molecule has 0 aromatic carbocycles. The summed E-state index contributed by atoms with van der Waals surface area (Å²) in [5.41, 5.74) is 0. The van der Waals surface area contributed by atoms with Crippen LogP contribution in [-0.4, -0.2) is 28.0 Å². The Morgan fingerprint density at radius 2 is 2.29 bits per heavy atom. The van der Waals surface area contributed by atoms with Gasteiger partial charge in [-0.3, -0.25) is 9.59 Å². The van der Waals surface area contributed by atoms with Crippen molar-refractivity contribution in [2.45, 2.75) is 19.9 Å². The van der Waals surface area contributed by atoms with Crippen molar-refractivity contribution in [1.82, 2.24) is 10.3 Å². The summed E-state index contributed by atoms with van der Waals surface area (Å²) in [6, 6.07) is -0.884. The Hall–Kier alpha value is -1.43. The normalized spacial score (nSPS) is 12.1. The Kier molecular flexibility index (Phi) is 3.19. The van der Waals surface area contributed by atoms with Gasteiger partial charge in [-0.15, -0.1) is 11.3 Å². The molecule has 0 spiro atoms. The van der Waals surface area contributed by atoms with Gasteiger partial charge in [0.15, 0.2) is 0 Å². The number of carboxylic acid groups (broad SMARTS) is 1. The minimum absolute atomic E-state index is 0.398. The van der Waals surface area contributed by atoms with E-state index in [1.54, 1.807) is 6.92 Å². The third-order valence-electron chi connectivity index (χ3n) is 1.56. The highest BCUT2D eigenvalue weighted by Gasteiger charge is 2.16. The van der Waals surface area contributed by atoms with Gasteiger partial charge in [-0.1, -0.05) is 0 Å². The number of aromatic nitrogens is 1. The third-order valence-corrected chi connectivity index (χ3v) is 2.47. The fraction of sp³-hybridized carbons (Fsp3) is 0.375. The van der Waals surface area contributed by atoms with Crippen LogP contribution in [0.4, 0.5) is 0 Å². The van der Waals surface area contributed by atoms with Crippen LogP contribution >= 0.6 is 11.3 Å². The number of carbonyl (C=O) groups is 2. The van der Waals surface area contributed by atoms with E-state index in [-0.39, 0.29) is 0 Å². The molecule has 2 N–H and O–H groups in total. The van der Waals surface area contributed by atoms with Crippen LogP contribution in [0, 0.1) is 6.92 Å². The number of hydrogen-bond donors (Lipinski definition) is 2. The van der Waals surface area contributed by atoms with Gasteiger partial charge in [0.1, 0.15) is 10.9 Å². The SMILES string of the molecule is Cc1ncc(C(=O)N[C@@H](C)C(=O)O)s1. The molecule has 1 rings (SSSR count). The van der Waals surface area contributed by atoms with E-state index in [1.165, 1.54) is 24.5 Å². The van der Waals surface area contributed by atoms with Crippen LogP contribution in [0.15, 0.2) is 6.20 Å². The number of rotatable bonds is 3. The van der Waals surface area contributed by atoms with Crippen molar-refractivity contribution < 1.29 is 14.7 Å². The Balaban J connectivity index is 2.63. The Morgan fingerprint density at radius 1 is 1.64 bits per heavy atom. The van der Waals surface area contributed by atoms with Crippen molar-refractivity contribution in [3.8, 4) is 0 Å². The summed E-state index contributed by atoms with van der Waals surface area (Å²) in [6.45, 7) is 3.19. The van der Waals surface area contributed by atoms with Gasteiger partial charge >= 0.3 is 5.97 Å². The summed E-state index contributed by atoms with van der Waals surface area (Å²) in [5.74, 6) is -1.45. The molecule has 5 nitrogen and oxygen atoms in total. The molecule has 0 fully saturated rings. The van der Waals surface area contributed by atoms with Gasteiger partial charge in [0.25, 0.3) is 5.91 Å². The molecule has 1 heterocycles. The quantitative estimate of drug-likeness (QED) is 0.774. The lowest BCUT2D eigenvalue weighted by molar-refractivity contribution is -0.138. The number of amides is 1. The molecule has 6 heteroatoms. The molecule has 0 bridgehead atoms. The van der Waals surface area contributed by atoms with Crippen molar-refractivity contribution in [2.75, 3.05) is 0 Å². The monoisotopic (exact) mass is 214 g/mol. The number of carboxylic acids is 1. The molecule has 0 unspecified atom stereocenters. The molecular formula is C8H10N2O3S. The second kappa shape index (κ2) is 4.19. The number of hydrogen-bond acceptors (Lipinski definition) is 4. The maximum Gasteiger partial charge on any atom is 0.325 e. The van der Waals surface area contributed by atoms with Crippen LogP contribution in [-0.2, 0) is 4.79 Å². The molecule has 1 aromatic rings. The molecule has 14 heavy (non-hydrogen) atoms. The number of thiazole rings is 1. The van der Waals surface area contributed by atoms with Gasteiger partial charge in [-0.25, -0.2) is 4.98 Å². The topological polar surface area (TPSA) is 79.3 Å². The van der Waals surface area contributed by atoms with E-state index in [0.29, 0.717) is 4.88 Å². The lowest BCUT2D eigenvalue weighted by Gasteiger charge is -2.06. The fourth-order valence-corrected chi connectivity index (χ4v) is 1.48. The zero-order valence-corrected chi connectivity index (χ0v) is 8.59. The molecule has 0 radical (unpaired) electrons. The van der Waals surface area contributed by atoms with Gasteiger partial charge < -0.3 is 10.4 Å². The first-order chi connectivity index (χ1) is 6.50. The molecule has 0 aliphatic heterocycles. The van der Waals surface area contributed by atoms with Gasteiger partial charge in [0.05, 0.1) is 11.2 Å². The summed E-state index contributed by atoms with van der Waals surface area (Å²) in [5, 5.41) is 11.7. The lowest BCUT2D eigenvalue weighted by Crippen LogP contribution is -2.37. The number of aliphatic carboxylic acids is 1. The van der Waals surface area contributed by atoms with Crippen LogP contribution < -0.4 is 5.32 Å². The second-order valence-electron chi connectivity index (χ2n) is 2.78. The van der Waals surface area contributed by atoms with Crippen molar-refractivity contribution in [3.63, 3.8) is 0 Å². The minimum Gasteiger partial charge on any atom is -0.480 e. The lowest BCUT2D eigenvalue weighted by atomic mass is 10.3. The predicted octanol–water partition coefficient (Wildman–Crippen LogP) is 0.654. The van der Waals surface area contributed by atoms with E-state index in [1.807, 2.05) is 0 Å². The highest BCUT2D eigenvalue weighted by Crippen LogP contribution is 2.11. The second-order valence-corrected chi connectivity index (χ2v) is 4.01. The first-order valence-corrected chi connectivity index (χ1v) is 4.78. The maximum absolute atomic E-state index is 11.4. The fourth-order valence-electron chi connectivity index (χ4n) is 0.796. The van der Waals surface area contributed by atoms with Crippen LogP contribution in [0.5, 0.6) is 0 Å². The molecule has 76 valence electrons. The molecule has 1 atom stereocenters. The van der Waals surface area contributed by atoms with Gasteiger partial charge in [-0.2, -0.15) is 0 Å². The number of nitrogens with zero attached hydrogens (tertiary/aromatic N) is 1. The molecule has 1 aromatic heterocycles. The van der Waals surface area contributed by atoms with Crippen molar-refractivity contribution in [3.05, 3.63) is 16.1 Å². The van der Waals surface area contributed by atoms with Crippen LogP contribution in [0.3, 0.4) is 0 Å². The third kappa shape index (κ3) is 2.53. The molecule has 1 amide bonds. The molecular weight excluding hydrogens is 204 g/mol. The summed E-state index contributed by atoms with van der Waals surface area (Å²) in [4.78, 5) is 26.1. The first kappa shape index (κ1) is 10.6. The Labute approximate surface area is 84.8 Å². The summed E-state index contributed by atoms with van der Waals surface area (Å²) in [7, 11) is 0. The van der Waals surface area contributed by atoms with Crippen molar-refractivity contribution in [2.24, 2.45) is 0 Å². The summed E-state index contributed by atoms with van der Waals surface area (Å²) >= 11 is 1.23. The largest absolute Gasteiger partial charge is 0.480 e. The van der Waals surface area contributed by atoms with Crippen LogP contribution in [0.1, 0.15) is 21.6 Å². The Morgan fingerprint density at radius 3 is 2.71 bits per heavy atom. The van der Waals surface area contributed by atoms with Gasteiger partial charge in [0, 0.05) is 0 Å². The summed E-state index contributed by atoms with van der Waals surface area (Å²) in [6.07, 6.45) is 1.43. The highest BCUT2D eigenvalue weighted by molar-refractivity contribution is 7.13. The standard InChI is InChI=1S/C8H10N2O3S/c1-4(8(12)13)10-7(11)6-3-9-5(2)14-6/h3-4H,1-2H3,(H,10,11)(H,12,13)/t4-/m0/s1. The van der Waals surface area contributed by atoms with E-state index < -0.39 is 17.9 Å². The molecule has 0 aliphatic rings. The van der Waals surface area contributed by atoms with E-state index in [9.17, 15) is 9.59 Å². The van der Waals surface area contributed by atoms with Crippen molar-refractivity contribution >= 4 is 23.2 Å². The number of carbonyl (C=O) groups excluding carboxylic acids is 1. The Bertz CT molecular complexity index is 361. The zero-order chi connectivity index (χ0) is 10.7. The number of aryl methyl sites for hydroxylation is 1. The first-order valence-electron chi connectivity index (χ1n) is 3.97. The molecule has 0 aliphatic carbocycles. The van der Waals surface area contributed by atoms with Gasteiger partial charge in [0.2, 0.25) is 0 Å². The average molecular weight is 214 g/mol. The van der Waals surface area contributed by atoms with E-state index in [4.69, 9.17) is 5.11 Å². The number of nitrogens with one attached hydrogen (secondary N) is 1. The van der Waals surface area contributed by atoms with Gasteiger partial charge in [-0.05, 0) is 13.8 Å². The van der Waals surface area contributed by atoms with Crippen molar-refractivity contribution in [1.29, 1.82) is 0 Å².